The molecule has 0 radical (unpaired) electrons. The van der Waals surface area contributed by atoms with Gasteiger partial charge in [0.1, 0.15) is 5.75 Å². The van der Waals surface area contributed by atoms with Gasteiger partial charge in [0.2, 0.25) is 5.72 Å². The first-order chi connectivity index (χ1) is 16.1. The van der Waals surface area contributed by atoms with E-state index < -0.39 is 5.72 Å². The molecule has 1 atom stereocenters. The van der Waals surface area contributed by atoms with Crippen LogP contribution in [-0.2, 0) is 17.0 Å². The average molecular weight is 441 g/mol. The minimum atomic E-state index is -0.446. The van der Waals surface area contributed by atoms with Crippen LogP contribution in [0, 0.1) is 13.8 Å². The van der Waals surface area contributed by atoms with E-state index in [0.717, 1.165) is 60.8 Å². The number of imidazole rings is 1. The van der Waals surface area contributed by atoms with E-state index >= 15 is 0 Å². The van der Waals surface area contributed by atoms with E-state index in [-0.39, 0.29) is 0 Å². The highest BCUT2D eigenvalue weighted by molar-refractivity contribution is 6.03. The second kappa shape index (κ2) is 7.51. The van der Waals surface area contributed by atoms with Crippen molar-refractivity contribution in [1.29, 1.82) is 0 Å². The van der Waals surface area contributed by atoms with Gasteiger partial charge in [-0.3, -0.25) is 0 Å². The second-order valence-corrected chi connectivity index (χ2v) is 9.23. The van der Waals surface area contributed by atoms with Gasteiger partial charge in [-0.1, -0.05) is 35.0 Å². The molecule has 2 aliphatic heterocycles. The van der Waals surface area contributed by atoms with Crippen molar-refractivity contribution < 1.29 is 9.57 Å². The van der Waals surface area contributed by atoms with Gasteiger partial charge >= 0.3 is 0 Å². The lowest BCUT2D eigenvalue weighted by Gasteiger charge is -2.38. The van der Waals surface area contributed by atoms with Crippen molar-refractivity contribution in [1.82, 2.24) is 14.5 Å². The Morgan fingerprint density at radius 1 is 1.12 bits per heavy atom. The van der Waals surface area contributed by atoms with Gasteiger partial charge in [0.15, 0.2) is 5.84 Å². The van der Waals surface area contributed by atoms with E-state index in [4.69, 9.17) is 9.57 Å². The van der Waals surface area contributed by atoms with Gasteiger partial charge in [-0.05, 0) is 68.0 Å². The lowest BCUT2D eigenvalue weighted by atomic mass is 9.95. The summed E-state index contributed by atoms with van der Waals surface area (Å²) in [6.45, 7) is 5.10. The zero-order valence-electron chi connectivity index (χ0n) is 19.3. The summed E-state index contributed by atoms with van der Waals surface area (Å²) < 4.78 is 7.70. The van der Waals surface area contributed by atoms with E-state index in [0.29, 0.717) is 0 Å². The van der Waals surface area contributed by atoms with Crippen molar-refractivity contribution in [3.05, 3.63) is 82.4 Å². The molecule has 1 spiro atoms. The number of fused-ring (bicyclic) bond motifs is 4. The van der Waals surface area contributed by atoms with E-state index in [2.05, 4.69) is 64.4 Å². The van der Waals surface area contributed by atoms with Crippen molar-refractivity contribution in [2.45, 2.75) is 45.3 Å². The molecule has 1 aliphatic carbocycles. The molecule has 33 heavy (non-hydrogen) atoms. The average Bonchev–Trinajstić information content (AvgIpc) is 3.52. The molecule has 0 saturated carbocycles. The third kappa shape index (κ3) is 3.16. The Labute approximate surface area is 194 Å². The van der Waals surface area contributed by atoms with Crippen LogP contribution >= 0.6 is 0 Å². The molecule has 168 valence electrons. The van der Waals surface area contributed by atoms with Crippen LogP contribution in [0.4, 0.5) is 0 Å². The predicted molar refractivity (Wildman–Crippen MR) is 128 cm³/mol. The molecule has 1 saturated heterocycles. The van der Waals surface area contributed by atoms with Crippen LogP contribution in [0.2, 0.25) is 0 Å². The minimum absolute atomic E-state index is 0.446. The first kappa shape index (κ1) is 20.1. The molecular formula is C27H28N4O2. The summed E-state index contributed by atoms with van der Waals surface area (Å²) >= 11 is 0. The summed E-state index contributed by atoms with van der Waals surface area (Å²) in [6, 6.07) is 13.0. The highest BCUT2D eigenvalue weighted by Crippen LogP contribution is 2.48. The number of rotatable bonds is 3. The van der Waals surface area contributed by atoms with Crippen LogP contribution in [0.3, 0.4) is 0 Å². The Hall–Kier alpha value is -3.54. The van der Waals surface area contributed by atoms with Crippen LogP contribution in [-0.4, -0.2) is 33.9 Å². The monoisotopic (exact) mass is 440 g/mol. The summed E-state index contributed by atoms with van der Waals surface area (Å²) in [5, 5.41) is 4.63. The fourth-order valence-corrected chi connectivity index (χ4v) is 5.46. The van der Waals surface area contributed by atoms with Crippen molar-refractivity contribution in [3.8, 4) is 11.4 Å². The fraction of sp³-hybridized carbons (Fsp3) is 0.333. The lowest BCUT2D eigenvalue weighted by molar-refractivity contribution is -0.105. The number of benzene rings is 2. The molecule has 0 N–H and O–H groups in total. The molecule has 0 bridgehead atoms. The molecule has 6 nitrogen and oxygen atoms in total. The molecule has 6 rings (SSSR count). The maximum absolute atomic E-state index is 6.24. The smallest absolute Gasteiger partial charge is 0.237 e. The second-order valence-electron chi connectivity index (χ2n) is 9.23. The number of oxime groups is 1. The Kier molecular flexibility index (Phi) is 4.57. The van der Waals surface area contributed by atoms with Crippen LogP contribution < -0.4 is 4.74 Å². The number of nitrogens with zero attached hydrogens (tertiary/aromatic N) is 4. The number of amidine groups is 1. The highest BCUT2D eigenvalue weighted by Gasteiger charge is 2.52. The van der Waals surface area contributed by atoms with Crippen molar-refractivity contribution >= 4 is 11.9 Å². The van der Waals surface area contributed by atoms with Gasteiger partial charge in [-0.2, -0.15) is 0 Å². The standard InChI is InChI=1S/C27H28N4O2/c1-18-6-8-23-21(13-18)10-11-27(23)31-12-4-5-22(26(31)29-33-27)14-20-7-9-24(25(15-20)32-3)30-16-19(2)28-17-30/h6-9,13-17H,4-5,10-12H2,1-3H3/b22-14+. The highest BCUT2D eigenvalue weighted by atomic mass is 16.7. The van der Waals surface area contributed by atoms with E-state index in [1.165, 1.54) is 22.3 Å². The van der Waals surface area contributed by atoms with Crippen LogP contribution in [0.5, 0.6) is 5.75 Å². The topological polar surface area (TPSA) is 51.9 Å². The Morgan fingerprint density at radius 3 is 2.85 bits per heavy atom. The van der Waals surface area contributed by atoms with Crippen molar-refractivity contribution in [3.63, 3.8) is 0 Å². The summed E-state index contributed by atoms with van der Waals surface area (Å²) in [5.74, 6) is 1.79. The summed E-state index contributed by atoms with van der Waals surface area (Å²) in [6.07, 6.45) is 10.1. The largest absolute Gasteiger partial charge is 0.495 e. The van der Waals surface area contributed by atoms with E-state index in [1.807, 2.05) is 24.0 Å². The van der Waals surface area contributed by atoms with Crippen molar-refractivity contribution in [2.24, 2.45) is 5.16 Å². The molecular weight excluding hydrogens is 412 g/mol. The lowest BCUT2D eigenvalue weighted by Crippen LogP contribution is -2.47. The number of aryl methyl sites for hydroxylation is 3. The number of aromatic nitrogens is 2. The first-order valence-corrected chi connectivity index (χ1v) is 11.6. The number of piperidine rings is 1. The molecule has 6 heteroatoms. The van der Waals surface area contributed by atoms with E-state index in [1.54, 1.807) is 7.11 Å². The van der Waals surface area contributed by atoms with Crippen LogP contribution in [0.1, 0.15) is 47.2 Å². The van der Waals surface area contributed by atoms with Gasteiger partial charge in [-0.15, -0.1) is 0 Å². The summed E-state index contributed by atoms with van der Waals surface area (Å²) in [5.41, 5.74) is 7.77. The van der Waals surface area contributed by atoms with Crippen LogP contribution in [0.25, 0.3) is 11.8 Å². The molecule has 1 unspecified atom stereocenters. The zero-order chi connectivity index (χ0) is 22.6. The predicted octanol–water partition coefficient (Wildman–Crippen LogP) is 5.12. The van der Waals surface area contributed by atoms with Gasteiger partial charge < -0.3 is 19.0 Å². The molecule has 0 amide bonds. The molecule has 3 heterocycles. The third-order valence-electron chi connectivity index (χ3n) is 7.04. The Bertz CT molecular complexity index is 1310. The SMILES string of the molecule is COc1cc(/C=C2\CCCN3C2=NOC32CCc3cc(C)ccc32)ccc1-n1cnc(C)c1. The summed E-state index contributed by atoms with van der Waals surface area (Å²) in [4.78, 5) is 13.0. The molecule has 1 fully saturated rings. The van der Waals surface area contributed by atoms with Crippen molar-refractivity contribution in [2.75, 3.05) is 13.7 Å². The normalized spacial score (nSPS) is 22.3. The summed E-state index contributed by atoms with van der Waals surface area (Å²) in [7, 11) is 1.71. The molecule has 2 aromatic carbocycles. The van der Waals surface area contributed by atoms with Gasteiger partial charge in [0, 0.05) is 24.7 Å². The number of methoxy groups -OCH3 is 1. The molecule has 1 aromatic heterocycles. The minimum Gasteiger partial charge on any atom is -0.495 e. The maximum Gasteiger partial charge on any atom is 0.237 e. The molecule has 3 aliphatic rings. The van der Waals surface area contributed by atoms with Gasteiger partial charge in [0.25, 0.3) is 0 Å². The Balaban J connectivity index is 1.33. The Morgan fingerprint density at radius 2 is 2.03 bits per heavy atom. The van der Waals surface area contributed by atoms with Crippen LogP contribution in [0.15, 0.2) is 59.7 Å². The quantitative estimate of drug-likeness (QED) is 0.567. The maximum atomic E-state index is 6.24. The zero-order valence-corrected chi connectivity index (χ0v) is 19.3. The number of hydrogen-bond donors (Lipinski definition) is 0. The number of hydrogen-bond acceptors (Lipinski definition) is 5. The van der Waals surface area contributed by atoms with Gasteiger partial charge in [-0.25, -0.2) is 4.98 Å². The molecule has 3 aromatic rings. The van der Waals surface area contributed by atoms with Gasteiger partial charge in [0.05, 0.1) is 24.8 Å². The fourth-order valence-electron chi connectivity index (χ4n) is 5.46. The number of ether oxygens (including phenoxy) is 1. The first-order valence-electron chi connectivity index (χ1n) is 11.6. The third-order valence-corrected chi connectivity index (χ3v) is 7.04. The van der Waals surface area contributed by atoms with E-state index in [9.17, 15) is 0 Å².